The van der Waals surface area contributed by atoms with Crippen LogP contribution in [0.5, 0.6) is 0 Å². The molecule has 0 aromatic heterocycles. The molecule has 2 atom stereocenters. The summed E-state index contributed by atoms with van der Waals surface area (Å²) in [4.78, 5) is 22.6. The van der Waals surface area contributed by atoms with Crippen molar-refractivity contribution < 1.29 is 30.8 Å². The third kappa shape index (κ3) is 5.76. The Morgan fingerprint density at radius 3 is 2.24 bits per heavy atom. The second kappa shape index (κ2) is 6.68. The molecule has 0 saturated heterocycles. The number of carboxylic acid groups (broad SMARTS) is 1. The van der Waals surface area contributed by atoms with Crippen molar-refractivity contribution in [1.29, 1.82) is 0 Å². The monoisotopic (exact) mass is 249 g/mol. The number of aliphatic carboxylic acids is 1. The molecule has 0 aliphatic heterocycles. The van der Waals surface area contributed by atoms with Crippen LogP contribution < -0.4 is 0 Å². The standard InChI is InChI=1S/C11H21NO5/c1-12(2,3)11(8(14)5-4-6-13)9(15)7-10(16)17/h9,11,13,15H,4-7H2,1-3H3/p+1/i9D. The number of Topliss-reactive ketones (excluding diaryl/α,β-unsaturated/α-hetero) is 1. The number of aliphatic hydroxyl groups excluding tert-OH is 1. The van der Waals surface area contributed by atoms with Crippen molar-refractivity contribution >= 4 is 11.8 Å². The molecule has 0 aromatic carbocycles. The number of carbonyl (C=O) groups excluding carboxylic acids is 1. The molecule has 0 amide bonds. The fourth-order valence-corrected chi connectivity index (χ4v) is 1.71. The zero-order chi connectivity index (χ0) is 14.6. The van der Waals surface area contributed by atoms with Gasteiger partial charge in [-0.25, -0.2) is 0 Å². The van der Waals surface area contributed by atoms with E-state index in [1.54, 1.807) is 21.1 Å². The van der Waals surface area contributed by atoms with E-state index in [1.807, 2.05) is 0 Å². The minimum atomic E-state index is -2.36. The van der Waals surface area contributed by atoms with E-state index in [9.17, 15) is 14.7 Å². The lowest BCUT2D eigenvalue weighted by Crippen LogP contribution is -2.56. The first-order chi connectivity index (χ1) is 8.02. The Morgan fingerprint density at radius 1 is 1.35 bits per heavy atom. The molecule has 0 rings (SSSR count). The zero-order valence-corrected chi connectivity index (χ0v) is 10.5. The summed E-state index contributed by atoms with van der Waals surface area (Å²) in [7, 11) is 4.84. The van der Waals surface area contributed by atoms with Crippen molar-refractivity contribution in [2.45, 2.75) is 31.4 Å². The van der Waals surface area contributed by atoms with Gasteiger partial charge in [-0.2, -0.15) is 0 Å². The maximum atomic E-state index is 12.0. The van der Waals surface area contributed by atoms with Gasteiger partial charge in [0, 0.05) is 13.0 Å². The number of hydrogen-bond acceptors (Lipinski definition) is 4. The smallest absolute Gasteiger partial charge is 0.306 e. The van der Waals surface area contributed by atoms with Gasteiger partial charge in [0.15, 0.2) is 11.8 Å². The first-order valence-electron chi connectivity index (χ1n) is 5.91. The maximum Gasteiger partial charge on any atom is 0.306 e. The van der Waals surface area contributed by atoms with Gasteiger partial charge in [-0.3, -0.25) is 9.59 Å². The Hall–Kier alpha value is -0.980. The van der Waals surface area contributed by atoms with E-state index in [0.29, 0.717) is 0 Å². The lowest BCUT2D eigenvalue weighted by molar-refractivity contribution is -0.890. The summed E-state index contributed by atoms with van der Waals surface area (Å²) in [6.07, 6.45) is -2.94. The van der Waals surface area contributed by atoms with Crippen LogP contribution in [-0.2, 0) is 9.59 Å². The second-order valence-corrected chi connectivity index (χ2v) is 4.87. The highest BCUT2D eigenvalue weighted by atomic mass is 16.4. The van der Waals surface area contributed by atoms with Gasteiger partial charge >= 0.3 is 5.97 Å². The molecule has 2 unspecified atom stereocenters. The fraction of sp³-hybridized carbons (Fsp3) is 0.818. The van der Waals surface area contributed by atoms with Gasteiger partial charge in [-0.05, 0) is 6.42 Å². The van der Waals surface area contributed by atoms with Crippen LogP contribution in [-0.4, -0.2) is 71.4 Å². The molecule has 0 spiro atoms. The van der Waals surface area contributed by atoms with Gasteiger partial charge in [0.2, 0.25) is 0 Å². The molecule has 0 saturated carbocycles. The first kappa shape index (κ1) is 14.1. The quantitative estimate of drug-likeness (QED) is 0.491. The predicted octanol–water partition coefficient (Wildman–Crippen LogP) is -0.762. The molecule has 6 heteroatoms. The molecular formula is C11H22NO5+. The van der Waals surface area contributed by atoms with E-state index in [1.165, 1.54) is 0 Å². The summed E-state index contributed by atoms with van der Waals surface area (Å²) < 4.78 is 7.67. The number of nitrogens with zero attached hydrogens (tertiary/aromatic N) is 1. The van der Waals surface area contributed by atoms with Crippen molar-refractivity contribution in [2.75, 3.05) is 27.7 Å². The normalized spacial score (nSPS) is 18.1. The molecule has 3 N–H and O–H groups in total. The van der Waals surface area contributed by atoms with Crippen molar-refractivity contribution in [3.8, 4) is 0 Å². The molecule has 0 radical (unpaired) electrons. The number of carboxylic acids is 1. The molecule has 0 fully saturated rings. The molecular weight excluding hydrogens is 226 g/mol. The highest BCUT2D eigenvalue weighted by Gasteiger charge is 2.38. The van der Waals surface area contributed by atoms with Crippen molar-refractivity contribution in [3.63, 3.8) is 0 Å². The summed E-state index contributed by atoms with van der Waals surface area (Å²) in [6, 6.07) is -1.17. The van der Waals surface area contributed by atoms with Crippen LogP contribution in [0.25, 0.3) is 0 Å². The van der Waals surface area contributed by atoms with E-state index in [-0.39, 0.29) is 23.9 Å². The molecule has 0 bridgehead atoms. The molecule has 0 heterocycles. The van der Waals surface area contributed by atoms with E-state index in [2.05, 4.69) is 0 Å². The maximum absolute atomic E-state index is 12.0. The lowest BCUT2D eigenvalue weighted by Gasteiger charge is -2.35. The Bertz CT molecular complexity index is 311. The lowest BCUT2D eigenvalue weighted by atomic mass is 9.97. The number of rotatable bonds is 8. The average Bonchev–Trinajstić information content (AvgIpc) is 2.09. The first-order valence-corrected chi connectivity index (χ1v) is 5.41. The minimum Gasteiger partial charge on any atom is -0.481 e. The van der Waals surface area contributed by atoms with Crippen LogP contribution in [0, 0.1) is 0 Å². The Balaban J connectivity index is 5.11. The number of quaternary nitrogens is 1. The highest BCUT2D eigenvalue weighted by molar-refractivity contribution is 5.84. The van der Waals surface area contributed by atoms with Crippen LogP contribution in [0.3, 0.4) is 0 Å². The fourth-order valence-electron chi connectivity index (χ4n) is 1.71. The number of carbonyl (C=O) groups is 2. The number of ketones is 1. The van der Waals surface area contributed by atoms with Crippen molar-refractivity contribution in [1.82, 2.24) is 0 Å². The Kier molecular flexibility index (Phi) is 5.54. The zero-order valence-electron chi connectivity index (χ0n) is 11.5. The van der Waals surface area contributed by atoms with E-state index in [4.69, 9.17) is 11.6 Å². The molecule has 100 valence electrons. The average molecular weight is 249 g/mol. The van der Waals surface area contributed by atoms with E-state index < -0.39 is 30.3 Å². The topological polar surface area (TPSA) is 94.8 Å². The van der Waals surface area contributed by atoms with Crippen LogP contribution >= 0.6 is 0 Å². The van der Waals surface area contributed by atoms with Crippen LogP contribution in [0.1, 0.15) is 20.6 Å². The van der Waals surface area contributed by atoms with Gasteiger partial charge in [0.25, 0.3) is 0 Å². The third-order valence-electron chi connectivity index (χ3n) is 2.31. The second-order valence-electron chi connectivity index (χ2n) is 4.87. The van der Waals surface area contributed by atoms with Gasteiger partial charge in [0.1, 0.15) is 6.08 Å². The summed E-state index contributed by atoms with van der Waals surface area (Å²) in [5, 5.41) is 27.3. The largest absolute Gasteiger partial charge is 0.481 e. The van der Waals surface area contributed by atoms with E-state index in [0.717, 1.165) is 0 Å². The van der Waals surface area contributed by atoms with Gasteiger partial charge in [-0.1, -0.05) is 0 Å². The summed E-state index contributed by atoms with van der Waals surface area (Å²) in [5.74, 6) is -1.75. The molecule has 17 heavy (non-hydrogen) atoms. The van der Waals surface area contributed by atoms with Gasteiger partial charge < -0.3 is 19.8 Å². The Morgan fingerprint density at radius 2 is 1.88 bits per heavy atom. The summed E-state index contributed by atoms with van der Waals surface area (Å²) >= 11 is 0. The molecule has 0 aliphatic rings. The van der Waals surface area contributed by atoms with Gasteiger partial charge in [-0.15, -0.1) is 0 Å². The van der Waals surface area contributed by atoms with Crippen molar-refractivity contribution in [3.05, 3.63) is 0 Å². The third-order valence-corrected chi connectivity index (χ3v) is 2.31. The SMILES string of the molecule is [2H]C(O)(CC(=O)O)C(C(=O)CCCO)[N+](C)(C)C. The number of likely N-dealkylation sites (N-methyl/N-ethyl adjacent to an activating group) is 1. The number of aliphatic hydroxyl groups is 2. The molecule has 6 nitrogen and oxygen atoms in total. The van der Waals surface area contributed by atoms with Crippen LogP contribution in [0.4, 0.5) is 0 Å². The van der Waals surface area contributed by atoms with E-state index >= 15 is 0 Å². The summed E-state index contributed by atoms with van der Waals surface area (Å²) in [5.41, 5.74) is 0. The molecule has 0 aliphatic carbocycles. The van der Waals surface area contributed by atoms with Crippen molar-refractivity contribution in [2.24, 2.45) is 0 Å². The van der Waals surface area contributed by atoms with Gasteiger partial charge in [0.05, 0.1) is 28.9 Å². The minimum absolute atomic E-state index is 0.0114. The number of hydrogen-bond donors (Lipinski definition) is 3. The molecule has 0 aromatic rings. The van der Waals surface area contributed by atoms with Crippen LogP contribution in [0.15, 0.2) is 0 Å². The summed E-state index contributed by atoms with van der Waals surface area (Å²) in [6.45, 7) is -0.162. The predicted molar refractivity (Wildman–Crippen MR) is 61.4 cm³/mol. The highest BCUT2D eigenvalue weighted by Crippen LogP contribution is 2.15. The van der Waals surface area contributed by atoms with Crippen LogP contribution in [0.2, 0.25) is 0 Å². The Labute approximate surface area is 102 Å².